The number of unbranched alkanes of at least 4 members (excludes halogenated alkanes) is 2. The summed E-state index contributed by atoms with van der Waals surface area (Å²) < 4.78 is 0. The molecule has 35 heavy (non-hydrogen) atoms. The highest BCUT2D eigenvalue weighted by Gasteiger charge is 2.29. The minimum Gasteiger partial charge on any atom is -0.480 e. The number of carboxylic acid groups (broad SMARTS) is 1. The number of aliphatic carboxylic acids is 1. The Hall–Kier alpha value is -2.68. The fraction of sp³-hybridized carbons (Fsp3) is 0.667. The lowest BCUT2D eigenvalue weighted by Gasteiger charge is -2.24. The third-order valence-corrected chi connectivity index (χ3v) is 5.65. The second-order valence-electron chi connectivity index (χ2n) is 8.16. The topological polar surface area (TPSA) is 231 Å². The summed E-state index contributed by atoms with van der Waals surface area (Å²) in [4.78, 5) is 56.5. The zero-order chi connectivity index (χ0) is 26.2. The predicted molar refractivity (Wildman–Crippen MR) is 133 cm³/mol. The lowest BCUT2D eigenvalue weighted by molar-refractivity contribution is -0.142. The van der Waals surface area contributed by atoms with Gasteiger partial charge in [0.25, 0.3) is 0 Å². The molecule has 4 atom stereocenters. The van der Waals surface area contributed by atoms with Crippen LogP contribution in [-0.2, 0) is 25.6 Å². The highest BCUT2D eigenvalue weighted by atomic mass is 32.1. The molecule has 3 amide bonds. The monoisotopic (exact) mass is 514 g/mol. The number of carbonyl (C=O) groups excluding carboxylic acids is 3. The molecule has 0 aliphatic carbocycles. The molecule has 198 valence electrons. The maximum absolute atomic E-state index is 12.9. The first-order chi connectivity index (χ1) is 16.7. The minimum absolute atomic E-state index is 0.0394. The van der Waals surface area contributed by atoms with Gasteiger partial charge < -0.3 is 43.2 Å². The van der Waals surface area contributed by atoms with Crippen molar-refractivity contribution in [3.05, 3.63) is 18.2 Å². The van der Waals surface area contributed by atoms with Crippen molar-refractivity contribution in [3.8, 4) is 0 Å². The number of amides is 3. The summed E-state index contributed by atoms with van der Waals surface area (Å²) in [6.07, 6.45) is 5.97. The number of H-pyrrole nitrogens is 1. The van der Waals surface area contributed by atoms with Gasteiger partial charge in [-0.25, -0.2) is 9.78 Å². The molecule has 1 aromatic rings. The normalized spacial score (nSPS) is 14.4. The van der Waals surface area contributed by atoms with Crippen LogP contribution in [0.4, 0.5) is 0 Å². The molecule has 1 heterocycles. The lowest BCUT2D eigenvalue weighted by atomic mass is 10.1. The van der Waals surface area contributed by atoms with E-state index in [1.165, 1.54) is 6.33 Å². The van der Waals surface area contributed by atoms with Gasteiger partial charge in [-0.2, -0.15) is 12.6 Å². The highest BCUT2D eigenvalue weighted by Crippen LogP contribution is 2.06. The summed E-state index contributed by atoms with van der Waals surface area (Å²) >= 11 is 4.14. The summed E-state index contributed by atoms with van der Waals surface area (Å²) in [5, 5.41) is 17.1. The summed E-state index contributed by atoms with van der Waals surface area (Å²) in [7, 11) is 0. The molecule has 0 radical (unpaired) electrons. The third kappa shape index (κ3) is 11.5. The Morgan fingerprint density at radius 2 is 1.46 bits per heavy atom. The van der Waals surface area contributed by atoms with E-state index in [-0.39, 0.29) is 25.0 Å². The average molecular weight is 515 g/mol. The van der Waals surface area contributed by atoms with E-state index in [9.17, 15) is 24.3 Å². The Morgan fingerprint density at radius 1 is 0.914 bits per heavy atom. The quantitative estimate of drug-likeness (QED) is 0.0778. The standard InChI is InChI=1S/C21H38N8O5S/c22-7-3-1-5-15(19(31)28-16(21(33)34)6-2-4-8-23)27-20(32)17(11-35)29-18(30)14(24)9-13-10-25-12-26-13/h10,12,14-17,35H,1-9,11,22-24H2,(H,25,26)(H,27,32)(H,28,31)(H,29,30)(H,33,34)/t14-,15-,16-,17-/m0/s1. The molecular formula is C21H38N8O5S. The number of rotatable bonds is 18. The first kappa shape index (κ1) is 30.4. The maximum Gasteiger partial charge on any atom is 0.326 e. The molecule has 0 bridgehead atoms. The zero-order valence-electron chi connectivity index (χ0n) is 19.7. The number of aromatic nitrogens is 2. The van der Waals surface area contributed by atoms with Crippen LogP contribution in [0.25, 0.3) is 0 Å². The minimum atomic E-state index is -1.17. The van der Waals surface area contributed by atoms with E-state index in [1.54, 1.807) is 6.20 Å². The Kier molecular flexibility index (Phi) is 14.6. The molecule has 1 rings (SSSR count). The van der Waals surface area contributed by atoms with Crippen molar-refractivity contribution in [2.45, 2.75) is 69.1 Å². The van der Waals surface area contributed by atoms with E-state index >= 15 is 0 Å². The summed E-state index contributed by atoms with van der Waals surface area (Å²) in [5.41, 5.74) is 17.6. The number of aromatic amines is 1. The van der Waals surface area contributed by atoms with Gasteiger partial charge in [-0.05, 0) is 51.6 Å². The van der Waals surface area contributed by atoms with Crippen LogP contribution in [0.15, 0.2) is 12.5 Å². The number of nitrogens with two attached hydrogens (primary N) is 3. The van der Waals surface area contributed by atoms with Gasteiger partial charge in [0.05, 0.1) is 12.4 Å². The predicted octanol–water partition coefficient (Wildman–Crippen LogP) is -1.99. The van der Waals surface area contributed by atoms with E-state index in [2.05, 4.69) is 38.5 Å². The largest absolute Gasteiger partial charge is 0.480 e. The van der Waals surface area contributed by atoms with Crippen molar-refractivity contribution < 1.29 is 24.3 Å². The number of carboxylic acids is 1. The Bertz CT molecular complexity index is 795. The van der Waals surface area contributed by atoms with Crippen LogP contribution in [-0.4, -0.2) is 81.8 Å². The first-order valence-corrected chi connectivity index (χ1v) is 12.2. The smallest absolute Gasteiger partial charge is 0.326 e. The first-order valence-electron chi connectivity index (χ1n) is 11.6. The summed E-state index contributed by atoms with van der Waals surface area (Å²) in [5.74, 6) is -3.04. The van der Waals surface area contributed by atoms with E-state index in [0.29, 0.717) is 44.5 Å². The molecule has 14 heteroatoms. The molecule has 1 aromatic heterocycles. The molecule has 0 aliphatic rings. The van der Waals surface area contributed by atoms with Crippen molar-refractivity contribution in [2.75, 3.05) is 18.8 Å². The average Bonchev–Trinajstić information content (AvgIpc) is 3.33. The van der Waals surface area contributed by atoms with Crippen molar-refractivity contribution in [1.82, 2.24) is 25.9 Å². The molecular weight excluding hydrogens is 476 g/mol. The van der Waals surface area contributed by atoms with Gasteiger partial charge in [0.2, 0.25) is 17.7 Å². The van der Waals surface area contributed by atoms with Crippen LogP contribution in [0, 0.1) is 0 Å². The van der Waals surface area contributed by atoms with Crippen molar-refractivity contribution in [1.29, 1.82) is 0 Å². The van der Waals surface area contributed by atoms with E-state index in [1.807, 2.05) is 0 Å². The Balaban J connectivity index is 2.79. The molecule has 0 aliphatic heterocycles. The van der Waals surface area contributed by atoms with Gasteiger partial charge in [0.15, 0.2) is 0 Å². The van der Waals surface area contributed by atoms with E-state index in [4.69, 9.17) is 17.2 Å². The van der Waals surface area contributed by atoms with Crippen molar-refractivity contribution in [3.63, 3.8) is 0 Å². The second kappa shape index (κ2) is 16.9. The zero-order valence-corrected chi connectivity index (χ0v) is 20.6. The molecule has 0 aromatic carbocycles. The Morgan fingerprint density at radius 3 is 1.97 bits per heavy atom. The van der Waals surface area contributed by atoms with Crippen LogP contribution in [0.1, 0.15) is 44.2 Å². The van der Waals surface area contributed by atoms with Gasteiger partial charge >= 0.3 is 5.97 Å². The fourth-order valence-corrected chi connectivity index (χ4v) is 3.51. The fourth-order valence-electron chi connectivity index (χ4n) is 3.26. The van der Waals surface area contributed by atoms with Gasteiger partial charge in [-0.15, -0.1) is 0 Å². The summed E-state index contributed by atoms with van der Waals surface area (Å²) in [6, 6.07) is -4.10. The van der Waals surface area contributed by atoms with Gasteiger partial charge in [-0.3, -0.25) is 14.4 Å². The van der Waals surface area contributed by atoms with Crippen LogP contribution >= 0.6 is 12.6 Å². The van der Waals surface area contributed by atoms with Crippen LogP contribution in [0.3, 0.4) is 0 Å². The van der Waals surface area contributed by atoms with Gasteiger partial charge in [0, 0.05) is 24.1 Å². The summed E-state index contributed by atoms with van der Waals surface area (Å²) in [6.45, 7) is 0.823. The van der Waals surface area contributed by atoms with Crippen molar-refractivity contribution in [2.24, 2.45) is 17.2 Å². The molecule has 0 saturated carbocycles. The second-order valence-corrected chi connectivity index (χ2v) is 8.53. The molecule has 0 unspecified atom stereocenters. The third-order valence-electron chi connectivity index (χ3n) is 5.29. The lowest BCUT2D eigenvalue weighted by Crippen LogP contribution is -2.57. The molecule has 0 spiro atoms. The van der Waals surface area contributed by atoms with E-state index < -0.39 is 47.9 Å². The molecule has 0 saturated heterocycles. The molecule has 0 fully saturated rings. The molecule has 13 nitrogen and oxygen atoms in total. The number of carbonyl (C=O) groups is 4. The number of nitrogens with one attached hydrogen (secondary N) is 4. The maximum atomic E-state index is 12.9. The highest BCUT2D eigenvalue weighted by molar-refractivity contribution is 7.80. The number of thiol groups is 1. The van der Waals surface area contributed by atoms with Crippen LogP contribution < -0.4 is 33.2 Å². The SMILES string of the molecule is NCCCC[C@H](NC(=O)[C@H](CCCCN)NC(=O)[C@H](CS)NC(=O)[C@@H](N)Cc1cnc[nH]1)C(=O)O. The molecule has 11 N–H and O–H groups in total. The number of nitrogens with zero attached hydrogens (tertiary/aromatic N) is 1. The van der Waals surface area contributed by atoms with Gasteiger partial charge in [-0.1, -0.05) is 0 Å². The number of imidazole rings is 1. The number of hydrogen-bond donors (Lipinski definition) is 9. The van der Waals surface area contributed by atoms with Crippen LogP contribution in [0.5, 0.6) is 0 Å². The Labute approximate surface area is 210 Å². The van der Waals surface area contributed by atoms with Crippen LogP contribution in [0.2, 0.25) is 0 Å². The van der Waals surface area contributed by atoms with Gasteiger partial charge in [0.1, 0.15) is 18.1 Å². The van der Waals surface area contributed by atoms with E-state index in [0.717, 1.165) is 0 Å². The van der Waals surface area contributed by atoms with Crippen molar-refractivity contribution >= 4 is 36.3 Å². The number of hydrogen-bond acceptors (Lipinski definition) is 9.